The summed E-state index contributed by atoms with van der Waals surface area (Å²) in [6.45, 7) is 9.81. The quantitative estimate of drug-likeness (QED) is 0.0732. The molecule has 0 nitrogen and oxygen atoms in total. The molecule has 0 unspecified atom stereocenters. The van der Waals surface area contributed by atoms with E-state index in [1.54, 1.807) is 125 Å². The zero-order valence-electron chi connectivity index (χ0n) is 46.5. The van der Waals surface area contributed by atoms with Gasteiger partial charge in [-0.3, -0.25) is 0 Å². The molecule has 0 aromatic heterocycles. The molecule has 0 amide bonds. The van der Waals surface area contributed by atoms with Gasteiger partial charge in [0.1, 0.15) is 0 Å². The summed E-state index contributed by atoms with van der Waals surface area (Å²) in [6, 6.07) is 14.0. The van der Waals surface area contributed by atoms with Crippen molar-refractivity contribution < 1.29 is 13.2 Å². The third-order valence-electron chi connectivity index (χ3n) is 27.8. The summed E-state index contributed by atoms with van der Waals surface area (Å²) in [4.78, 5) is 1.16. The van der Waals surface area contributed by atoms with Crippen molar-refractivity contribution >= 4 is 311 Å². The second-order valence-electron chi connectivity index (χ2n) is 31.1. The van der Waals surface area contributed by atoms with E-state index in [0.29, 0.717) is 11.1 Å². The number of thioether (sulfide) groups is 1. The Morgan fingerprint density at radius 2 is 0.614 bits per heavy atom. The normalized spacial score (nSPS) is 19.8. The lowest BCUT2D eigenvalue weighted by molar-refractivity contribution is -0.137. The van der Waals surface area contributed by atoms with Crippen molar-refractivity contribution in [1.82, 2.24) is 0 Å². The number of rotatable bonds is 4. The third kappa shape index (κ3) is 2.58. The number of hydrogen-bond donors (Lipinski definition) is 0. The molecule has 5 heteroatoms. The van der Waals surface area contributed by atoms with E-state index in [2.05, 4.69) is 62.4 Å². The molecule has 4 aliphatic carbocycles. The summed E-state index contributed by atoms with van der Waals surface area (Å²) in [7, 11) is -1.17. The molecule has 0 radical (unpaired) electrons. The summed E-state index contributed by atoms with van der Waals surface area (Å²) in [5, 5.41) is 81.7. The van der Waals surface area contributed by atoms with Gasteiger partial charge in [-0.05, 0) is 374 Å². The molecule has 0 heterocycles. The van der Waals surface area contributed by atoms with Crippen molar-refractivity contribution in [2.75, 3.05) is 5.75 Å². The Morgan fingerprint density at radius 3 is 0.898 bits per heavy atom. The van der Waals surface area contributed by atoms with Crippen molar-refractivity contribution in [3.8, 4) is 23.7 Å². The molecule has 0 aliphatic heterocycles. The molecular weight excluding hydrogens is 1110 g/mol. The van der Waals surface area contributed by atoms with Crippen molar-refractivity contribution in [1.29, 1.82) is 0 Å². The number of alkyl halides is 3. The number of halogens is 3. The van der Waals surface area contributed by atoms with E-state index in [1.807, 2.05) is 30.0 Å². The molecule has 30 aromatic rings. The van der Waals surface area contributed by atoms with Gasteiger partial charge in [-0.1, -0.05) is 43.3 Å². The maximum absolute atomic E-state index is 15.9. The molecule has 0 saturated carbocycles. The van der Waals surface area contributed by atoms with Gasteiger partial charge in [0.25, 0.3) is 0 Å². The van der Waals surface area contributed by atoms with Crippen LogP contribution in [0.5, 0.6) is 0 Å². The van der Waals surface area contributed by atoms with Gasteiger partial charge in [-0.25, -0.2) is 0 Å². The van der Waals surface area contributed by atoms with Gasteiger partial charge in [-0.15, -0.1) is 11.8 Å². The standard InChI is InChI=1S/C83H23F3SSi/c1-81-77-69-61-51-41-33-25-23-24-27-31-29(25)37-45-39(31)49-43-35(27)36-28(24)32-30-26(23)34(33)42-48-38(30)46-40(32)50-44(36)54-53(43)65-59(49)67-57(45)63(55(61)47(37)41)71(77)73(67)79-75(65)76-66(54)60(50)68-58(46)64-56(48)62(52(42)51)70(69)78(81)72(64)74(68)80(76)82(79,81)14-13-19-6-10-20(22(17-19)83(84,85)86)9-5-18-7-11-21(12-8-18)87-15-16-88(2,3)4/h6-8,10-12,17H,15-16H2,1-4H3. The van der Waals surface area contributed by atoms with Crippen molar-refractivity contribution in [3.05, 3.63) is 87.0 Å². The lowest BCUT2D eigenvalue weighted by Crippen LogP contribution is -2.49. The minimum atomic E-state index is -4.65. The Bertz CT molecular complexity index is 8240. The van der Waals surface area contributed by atoms with Crippen LogP contribution in [0.1, 0.15) is 51.4 Å². The fourth-order valence-corrected chi connectivity index (χ4v) is 29.7. The zero-order valence-corrected chi connectivity index (χ0v) is 48.3. The fraction of sp³-hybridized carbons (Fsp3) is 0.108. The van der Waals surface area contributed by atoms with Gasteiger partial charge in [0.15, 0.2) is 0 Å². The van der Waals surface area contributed by atoms with Crippen LogP contribution in [0.15, 0.2) is 47.4 Å². The van der Waals surface area contributed by atoms with Crippen molar-refractivity contribution in [2.24, 2.45) is 0 Å². The van der Waals surface area contributed by atoms with E-state index in [9.17, 15) is 0 Å². The molecule has 386 valence electrons. The molecule has 34 rings (SSSR count). The molecule has 0 fully saturated rings. The third-order valence-corrected chi connectivity index (χ3v) is 30.9. The van der Waals surface area contributed by atoms with Crippen LogP contribution >= 0.6 is 11.8 Å². The van der Waals surface area contributed by atoms with E-state index in [-0.39, 0.29) is 5.56 Å². The van der Waals surface area contributed by atoms with Crippen LogP contribution in [0.2, 0.25) is 25.7 Å². The molecule has 0 bridgehead atoms. The second kappa shape index (κ2) is 9.55. The monoisotopic (exact) mass is 1140 g/mol. The topological polar surface area (TPSA) is 0 Å². The van der Waals surface area contributed by atoms with Crippen LogP contribution in [0.3, 0.4) is 0 Å². The SMILES string of the molecule is CC12c3c4c5c6c7c8c(c9c%10c1c1c3c3c%11c4c4c5c5c7c7c%12c8c8c9c9c%10c%10c1c1c3c3c%11c%11c4c4c5c7c5c7c%12c8c8c9c9c%10c1c1c3c3c%11c4c5c4c7c8c9c1c34)C62C#Cc1ccc(C#Cc2ccc(SCC[Si](C)(C)C)cc2)c(C(F)(F)F)c1. The van der Waals surface area contributed by atoms with Gasteiger partial charge in [0.05, 0.1) is 11.0 Å². The molecule has 0 saturated heterocycles. The fourth-order valence-electron chi connectivity index (χ4n) is 26.3. The molecule has 0 N–H and O–H groups in total. The van der Waals surface area contributed by atoms with Crippen LogP contribution in [0, 0.1) is 23.7 Å². The molecule has 88 heavy (non-hydrogen) atoms. The van der Waals surface area contributed by atoms with E-state index >= 15 is 13.2 Å². The molecule has 0 atom stereocenters. The molecular formula is C83H23F3SSi. The van der Waals surface area contributed by atoms with E-state index in [1.165, 1.54) is 207 Å². The van der Waals surface area contributed by atoms with Gasteiger partial charge >= 0.3 is 6.18 Å². The first-order valence-electron chi connectivity index (χ1n) is 31.7. The average molecular weight is 1140 g/mol. The minimum Gasteiger partial charge on any atom is -0.166 e. The van der Waals surface area contributed by atoms with Crippen LogP contribution in [0.4, 0.5) is 13.2 Å². The zero-order chi connectivity index (χ0) is 55.3. The van der Waals surface area contributed by atoms with Crippen LogP contribution < -0.4 is 0 Å². The molecule has 30 aromatic carbocycles. The lowest BCUT2D eigenvalue weighted by atomic mass is 9.49. The highest BCUT2D eigenvalue weighted by Crippen LogP contribution is 2.84. The Labute approximate surface area is 491 Å². The maximum atomic E-state index is 15.9. The first-order chi connectivity index (χ1) is 43.0. The van der Waals surface area contributed by atoms with Crippen molar-refractivity contribution in [3.63, 3.8) is 0 Å². The highest BCUT2D eigenvalue weighted by Gasteiger charge is 2.68. The van der Waals surface area contributed by atoms with Gasteiger partial charge < -0.3 is 0 Å². The Kier molecular flexibility index (Phi) is 4.18. The first-order valence-corrected chi connectivity index (χ1v) is 36.4. The van der Waals surface area contributed by atoms with E-state index in [4.69, 9.17) is 0 Å². The van der Waals surface area contributed by atoms with Gasteiger partial charge in [0.2, 0.25) is 0 Å². The predicted molar refractivity (Wildman–Crippen MR) is 369 cm³/mol. The molecule has 4 aliphatic rings. The van der Waals surface area contributed by atoms with Crippen LogP contribution in [-0.4, -0.2) is 13.8 Å². The van der Waals surface area contributed by atoms with Gasteiger partial charge in [-0.2, -0.15) is 13.2 Å². The Hall–Kier alpha value is -9.62. The first kappa shape index (κ1) is 38.5. The second-order valence-corrected chi connectivity index (χ2v) is 37.9. The largest absolute Gasteiger partial charge is 0.417 e. The van der Waals surface area contributed by atoms with E-state index in [0.717, 1.165) is 10.6 Å². The Balaban J connectivity index is 0.834. The smallest absolute Gasteiger partial charge is 0.166 e. The van der Waals surface area contributed by atoms with E-state index < -0.39 is 30.6 Å². The van der Waals surface area contributed by atoms with Crippen LogP contribution in [-0.2, 0) is 17.0 Å². The van der Waals surface area contributed by atoms with Gasteiger partial charge in [0, 0.05) is 35.1 Å². The average Bonchev–Trinajstić information content (AvgIpc) is 1.39. The Morgan fingerprint density at radius 1 is 0.341 bits per heavy atom. The minimum absolute atomic E-state index is 0.0214. The summed E-state index contributed by atoms with van der Waals surface area (Å²) in [5.74, 6) is 15.4. The summed E-state index contributed by atoms with van der Waals surface area (Å²) < 4.78 is 47.7. The lowest BCUT2D eigenvalue weighted by Gasteiger charge is -2.49. The highest BCUT2D eigenvalue weighted by atomic mass is 32.2. The molecule has 0 spiro atoms. The summed E-state index contributed by atoms with van der Waals surface area (Å²) in [6.07, 6.45) is -4.65. The van der Waals surface area contributed by atoms with Crippen LogP contribution in [0.25, 0.3) is 291 Å². The maximum Gasteiger partial charge on any atom is 0.417 e. The number of hydrogen-bond acceptors (Lipinski definition) is 1. The summed E-state index contributed by atoms with van der Waals surface area (Å²) >= 11 is 1.84. The highest BCUT2D eigenvalue weighted by molar-refractivity contribution is 7.99. The summed E-state index contributed by atoms with van der Waals surface area (Å²) in [5.41, 5.74) is 4.40. The van der Waals surface area contributed by atoms with Crippen molar-refractivity contribution in [2.45, 2.75) is 54.5 Å². The number of benzene rings is 20. The predicted octanol–water partition coefficient (Wildman–Crippen LogP) is 23.2.